The van der Waals surface area contributed by atoms with Crippen LogP contribution < -0.4 is 10.6 Å². The predicted octanol–water partition coefficient (Wildman–Crippen LogP) is 2.23. The minimum atomic E-state index is 0.330. The summed E-state index contributed by atoms with van der Waals surface area (Å²) in [5.41, 5.74) is 2.42. The van der Waals surface area contributed by atoms with E-state index >= 15 is 0 Å². The van der Waals surface area contributed by atoms with Crippen molar-refractivity contribution in [3.05, 3.63) is 24.0 Å². The van der Waals surface area contributed by atoms with Crippen LogP contribution in [0.25, 0.3) is 5.65 Å². The Hall–Kier alpha value is -1.62. The largest absolute Gasteiger partial charge is 0.368 e. The first-order chi connectivity index (χ1) is 9.56. The summed E-state index contributed by atoms with van der Waals surface area (Å²) in [6.07, 6.45) is 4.14. The Balaban J connectivity index is 1.78. The summed E-state index contributed by atoms with van der Waals surface area (Å²) in [5.74, 6) is 1.01. The summed E-state index contributed by atoms with van der Waals surface area (Å²) in [7, 11) is 0. The molecule has 0 aromatic carbocycles. The van der Waals surface area contributed by atoms with Gasteiger partial charge in [-0.1, -0.05) is 13.8 Å². The minimum absolute atomic E-state index is 0.330. The van der Waals surface area contributed by atoms with Crippen LogP contribution in [0.4, 0.5) is 5.82 Å². The van der Waals surface area contributed by atoms with Crippen molar-refractivity contribution in [2.24, 2.45) is 5.41 Å². The Bertz CT molecular complexity index is 601. The van der Waals surface area contributed by atoms with E-state index in [4.69, 9.17) is 0 Å². The van der Waals surface area contributed by atoms with E-state index in [1.807, 2.05) is 10.6 Å². The second-order valence-electron chi connectivity index (χ2n) is 6.43. The van der Waals surface area contributed by atoms with Gasteiger partial charge < -0.3 is 10.6 Å². The molecule has 2 aromatic rings. The number of nitrogens with zero attached hydrogens (tertiary/aromatic N) is 3. The standard InChI is InChI=1S/C15H23N5/c1-11-7-13(20-14(8-11)18-10-19-20)17-9-12-15(2,3)5-4-6-16-12/h7-8,10,12,16-17H,4-6,9H2,1-3H3. The van der Waals surface area contributed by atoms with Crippen LogP contribution in [0, 0.1) is 12.3 Å². The van der Waals surface area contributed by atoms with Gasteiger partial charge in [-0.15, -0.1) is 0 Å². The number of fused-ring (bicyclic) bond motifs is 1. The van der Waals surface area contributed by atoms with Crippen LogP contribution in [0.1, 0.15) is 32.3 Å². The molecule has 0 spiro atoms. The third-order valence-corrected chi connectivity index (χ3v) is 4.34. The van der Waals surface area contributed by atoms with Crippen LogP contribution in [0.2, 0.25) is 0 Å². The number of rotatable bonds is 3. The average Bonchev–Trinajstić information content (AvgIpc) is 2.84. The highest BCUT2D eigenvalue weighted by molar-refractivity contribution is 5.51. The maximum atomic E-state index is 4.28. The summed E-state index contributed by atoms with van der Waals surface area (Å²) in [6.45, 7) is 8.79. The molecule has 0 radical (unpaired) electrons. The monoisotopic (exact) mass is 273 g/mol. The van der Waals surface area contributed by atoms with E-state index in [9.17, 15) is 0 Å². The van der Waals surface area contributed by atoms with Gasteiger partial charge in [-0.2, -0.15) is 9.61 Å². The molecule has 1 fully saturated rings. The van der Waals surface area contributed by atoms with Crippen molar-refractivity contribution in [1.29, 1.82) is 0 Å². The molecular formula is C15H23N5. The molecule has 0 amide bonds. The molecule has 20 heavy (non-hydrogen) atoms. The Morgan fingerprint density at radius 2 is 2.30 bits per heavy atom. The molecule has 3 rings (SSSR count). The van der Waals surface area contributed by atoms with E-state index in [1.165, 1.54) is 18.4 Å². The van der Waals surface area contributed by atoms with Gasteiger partial charge in [0.25, 0.3) is 0 Å². The molecular weight excluding hydrogens is 250 g/mol. The number of aromatic nitrogens is 3. The molecule has 1 unspecified atom stereocenters. The number of anilines is 1. The zero-order valence-electron chi connectivity index (χ0n) is 12.5. The lowest BCUT2D eigenvalue weighted by Crippen LogP contribution is -2.50. The summed E-state index contributed by atoms with van der Waals surface area (Å²) >= 11 is 0. The average molecular weight is 273 g/mol. The zero-order chi connectivity index (χ0) is 14.2. The molecule has 0 saturated carbocycles. The first-order valence-electron chi connectivity index (χ1n) is 7.34. The first-order valence-corrected chi connectivity index (χ1v) is 7.34. The van der Waals surface area contributed by atoms with E-state index < -0.39 is 0 Å². The van der Waals surface area contributed by atoms with Gasteiger partial charge in [0.05, 0.1) is 0 Å². The third kappa shape index (κ3) is 2.50. The smallest absolute Gasteiger partial charge is 0.157 e. The van der Waals surface area contributed by atoms with Crippen molar-refractivity contribution in [2.45, 2.75) is 39.7 Å². The van der Waals surface area contributed by atoms with Crippen LogP contribution >= 0.6 is 0 Å². The lowest BCUT2D eigenvalue weighted by atomic mass is 9.77. The van der Waals surface area contributed by atoms with Gasteiger partial charge in [-0.25, -0.2) is 4.98 Å². The quantitative estimate of drug-likeness (QED) is 0.900. The summed E-state index contributed by atoms with van der Waals surface area (Å²) in [5, 5.41) is 11.4. The molecule has 3 heterocycles. The molecule has 5 heteroatoms. The van der Waals surface area contributed by atoms with Crippen LogP contribution in [0.15, 0.2) is 18.5 Å². The Labute approximate surface area is 119 Å². The lowest BCUT2D eigenvalue weighted by Gasteiger charge is -2.39. The van der Waals surface area contributed by atoms with Crippen LogP contribution in [-0.4, -0.2) is 33.7 Å². The highest BCUT2D eigenvalue weighted by Gasteiger charge is 2.31. The van der Waals surface area contributed by atoms with Gasteiger partial charge in [0.2, 0.25) is 0 Å². The molecule has 1 aliphatic heterocycles. The van der Waals surface area contributed by atoms with Gasteiger partial charge in [0, 0.05) is 12.6 Å². The first kappa shape index (κ1) is 13.4. The van der Waals surface area contributed by atoms with Crippen molar-refractivity contribution in [3.63, 3.8) is 0 Å². The normalized spacial score (nSPS) is 22.1. The number of hydrogen-bond acceptors (Lipinski definition) is 4. The number of aryl methyl sites for hydroxylation is 1. The SMILES string of the molecule is Cc1cc(NCC2NCCCC2(C)C)n2ncnc2c1. The fraction of sp³-hybridized carbons (Fsp3) is 0.600. The molecule has 1 saturated heterocycles. The van der Waals surface area contributed by atoms with Crippen molar-refractivity contribution in [1.82, 2.24) is 19.9 Å². The fourth-order valence-corrected chi connectivity index (χ4v) is 3.01. The van der Waals surface area contributed by atoms with Crippen LogP contribution in [-0.2, 0) is 0 Å². The van der Waals surface area contributed by atoms with E-state index in [-0.39, 0.29) is 0 Å². The summed E-state index contributed by atoms with van der Waals surface area (Å²) in [6, 6.07) is 4.65. The molecule has 0 aliphatic carbocycles. The van der Waals surface area contributed by atoms with E-state index in [1.54, 1.807) is 6.33 Å². The van der Waals surface area contributed by atoms with Gasteiger partial charge in [-0.05, 0) is 49.4 Å². The Kier molecular flexibility index (Phi) is 3.38. The Morgan fingerprint density at radius 1 is 1.45 bits per heavy atom. The van der Waals surface area contributed by atoms with Gasteiger partial charge in [0.1, 0.15) is 12.1 Å². The van der Waals surface area contributed by atoms with Crippen molar-refractivity contribution in [3.8, 4) is 0 Å². The number of pyridine rings is 1. The van der Waals surface area contributed by atoms with Gasteiger partial charge in [-0.3, -0.25) is 0 Å². The lowest BCUT2D eigenvalue weighted by molar-refractivity contribution is 0.188. The zero-order valence-corrected chi connectivity index (χ0v) is 12.5. The number of hydrogen-bond donors (Lipinski definition) is 2. The highest BCUT2D eigenvalue weighted by atomic mass is 15.3. The van der Waals surface area contributed by atoms with E-state index in [0.29, 0.717) is 11.5 Å². The molecule has 2 N–H and O–H groups in total. The summed E-state index contributed by atoms with van der Waals surface area (Å²) in [4.78, 5) is 4.26. The van der Waals surface area contributed by atoms with Gasteiger partial charge in [0.15, 0.2) is 5.65 Å². The minimum Gasteiger partial charge on any atom is -0.368 e. The maximum Gasteiger partial charge on any atom is 0.157 e. The number of nitrogens with one attached hydrogen (secondary N) is 2. The fourth-order valence-electron chi connectivity index (χ4n) is 3.01. The van der Waals surface area contributed by atoms with Crippen molar-refractivity contribution >= 4 is 11.5 Å². The molecule has 2 aromatic heterocycles. The molecule has 1 aliphatic rings. The molecule has 0 bridgehead atoms. The predicted molar refractivity (Wildman–Crippen MR) is 81.0 cm³/mol. The third-order valence-electron chi connectivity index (χ3n) is 4.34. The maximum absolute atomic E-state index is 4.28. The highest BCUT2D eigenvalue weighted by Crippen LogP contribution is 2.30. The number of piperidine rings is 1. The van der Waals surface area contributed by atoms with Crippen LogP contribution in [0.3, 0.4) is 0 Å². The van der Waals surface area contributed by atoms with Crippen LogP contribution in [0.5, 0.6) is 0 Å². The van der Waals surface area contributed by atoms with Crippen molar-refractivity contribution < 1.29 is 0 Å². The second-order valence-corrected chi connectivity index (χ2v) is 6.43. The topological polar surface area (TPSA) is 54.2 Å². The molecule has 5 nitrogen and oxygen atoms in total. The van der Waals surface area contributed by atoms with E-state index in [2.05, 4.69) is 47.6 Å². The van der Waals surface area contributed by atoms with Crippen molar-refractivity contribution in [2.75, 3.05) is 18.4 Å². The van der Waals surface area contributed by atoms with Gasteiger partial charge >= 0.3 is 0 Å². The summed E-state index contributed by atoms with van der Waals surface area (Å²) < 4.78 is 1.86. The molecule has 1 atom stereocenters. The van der Waals surface area contributed by atoms with E-state index in [0.717, 1.165) is 24.6 Å². The second kappa shape index (κ2) is 5.05. The molecule has 108 valence electrons. The Morgan fingerprint density at radius 3 is 3.10 bits per heavy atom.